The number of amides is 1. The summed E-state index contributed by atoms with van der Waals surface area (Å²) in [5.74, 6) is 1.28. The molecule has 29 heavy (non-hydrogen) atoms. The van der Waals surface area contributed by atoms with Gasteiger partial charge in [-0.05, 0) is 66.6 Å². The van der Waals surface area contributed by atoms with E-state index in [1.807, 2.05) is 43.3 Å². The third-order valence-electron chi connectivity index (χ3n) is 4.33. The number of aryl methyl sites for hydroxylation is 2. The van der Waals surface area contributed by atoms with Gasteiger partial charge in [0, 0.05) is 29.4 Å². The average Bonchev–Trinajstić information content (AvgIpc) is 2.74. The van der Waals surface area contributed by atoms with Crippen LogP contribution in [0.1, 0.15) is 17.5 Å². The molecule has 1 amide bonds. The van der Waals surface area contributed by atoms with Gasteiger partial charge in [0.2, 0.25) is 5.91 Å². The summed E-state index contributed by atoms with van der Waals surface area (Å²) in [5, 5.41) is 3.68. The topological polar surface area (TPSA) is 73.3 Å². The summed E-state index contributed by atoms with van der Waals surface area (Å²) in [6.07, 6.45) is 4.34. The summed E-state index contributed by atoms with van der Waals surface area (Å²) in [4.78, 5) is 21.9. The van der Waals surface area contributed by atoms with Crippen LogP contribution in [0.5, 0.6) is 11.5 Å². The van der Waals surface area contributed by atoms with E-state index in [9.17, 15) is 4.79 Å². The van der Waals surface area contributed by atoms with Gasteiger partial charge in [0.1, 0.15) is 0 Å². The highest BCUT2D eigenvalue weighted by Crippen LogP contribution is 2.32. The van der Waals surface area contributed by atoms with Crippen LogP contribution >= 0.6 is 11.8 Å². The van der Waals surface area contributed by atoms with Gasteiger partial charge in [0.05, 0.1) is 14.2 Å². The molecule has 0 aliphatic heterocycles. The molecule has 0 unspecified atom stereocenters. The minimum Gasteiger partial charge on any atom is -0.493 e. The van der Waals surface area contributed by atoms with Crippen molar-refractivity contribution >= 4 is 23.4 Å². The summed E-state index contributed by atoms with van der Waals surface area (Å²) in [6, 6.07) is 13.3. The number of nitrogens with zero attached hydrogens (tertiary/aromatic N) is 2. The van der Waals surface area contributed by atoms with Crippen molar-refractivity contribution in [3.8, 4) is 11.5 Å². The summed E-state index contributed by atoms with van der Waals surface area (Å²) < 4.78 is 10.7. The van der Waals surface area contributed by atoms with E-state index >= 15 is 0 Å². The molecule has 7 heteroatoms. The molecule has 1 N–H and O–H groups in total. The lowest BCUT2D eigenvalue weighted by Gasteiger charge is -2.13. The Balaban J connectivity index is 1.61. The van der Waals surface area contributed by atoms with E-state index in [1.54, 1.807) is 32.7 Å². The monoisotopic (exact) mass is 409 g/mol. The predicted molar refractivity (Wildman–Crippen MR) is 114 cm³/mol. The number of ether oxygens (including phenoxy) is 2. The predicted octanol–water partition coefficient (Wildman–Crippen LogP) is 4.52. The van der Waals surface area contributed by atoms with E-state index in [4.69, 9.17) is 9.47 Å². The number of methoxy groups -OCH3 is 2. The van der Waals surface area contributed by atoms with Gasteiger partial charge >= 0.3 is 0 Å². The van der Waals surface area contributed by atoms with Crippen molar-refractivity contribution in [2.75, 3.05) is 19.5 Å². The number of benzene rings is 2. The largest absolute Gasteiger partial charge is 0.493 e. The van der Waals surface area contributed by atoms with Gasteiger partial charge in [-0.3, -0.25) is 4.79 Å². The zero-order chi connectivity index (χ0) is 20.6. The molecule has 0 aliphatic rings. The Bertz CT molecular complexity index is 980. The molecule has 3 rings (SSSR count). The summed E-state index contributed by atoms with van der Waals surface area (Å²) >= 11 is 1.48. The van der Waals surface area contributed by atoms with E-state index in [0.29, 0.717) is 29.5 Å². The molecular formula is C22H23N3O3S. The van der Waals surface area contributed by atoms with Crippen LogP contribution in [0.3, 0.4) is 0 Å². The van der Waals surface area contributed by atoms with Gasteiger partial charge in [-0.15, -0.1) is 0 Å². The van der Waals surface area contributed by atoms with Crippen LogP contribution < -0.4 is 14.8 Å². The zero-order valence-corrected chi connectivity index (χ0v) is 17.5. The van der Waals surface area contributed by atoms with Gasteiger partial charge in [0.15, 0.2) is 16.7 Å². The summed E-state index contributed by atoms with van der Waals surface area (Å²) in [7, 11) is 3.20. The molecule has 6 nitrogen and oxygen atoms in total. The molecule has 1 aromatic heterocycles. The minimum atomic E-state index is -0.0511. The summed E-state index contributed by atoms with van der Waals surface area (Å²) in [5.41, 5.74) is 2.72. The van der Waals surface area contributed by atoms with E-state index in [1.165, 1.54) is 11.8 Å². The summed E-state index contributed by atoms with van der Waals surface area (Å²) in [6.45, 7) is 1.97. The number of carbonyl (C=O) groups excluding carboxylic acids is 1. The van der Waals surface area contributed by atoms with Crippen molar-refractivity contribution in [2.24, 2.45) is 0 Å². The van der Waals surface area contributed by atoms with Crippen LogP contribution in [0.2, 0.25) is 0 Å². The Labute approximate surface area is 174 Å². The second kappa shape index (κ2) is 9.93. The standard InChI is InChI=1S/C22H23N3O3S/c1-15-14-17(29-22-23-12-5-13-24-22)9-10-18(15)25-20(26)11-8-16-6-4-7-19(27-2)21(16)28-3/h4-7,9-10,12-14H,8,11H2,1-3H3,(H,25,26). The normalized spacial score (nSPS) is 10.4. The maximum absolute atomic E-state index is 12.5. The highest BCUT2D eigenvalue weighted by Gasteiger charge is 2.12. The van der Waals surface area contributed by atoms with Crippen LogP contribution in [0, 0.1) is 6.92 Å². The first-order valence-electron chi connectivity index (χ1n) is 9.16. The number of rotatable bonds is 8. The van der Waals surface area contributed by atoms with Crippen molar-refractivity contribution in [1.29, 1.82) is 0 Å². The molecule has 0 radical (unpaired) electrons. The van der Waals surface area contributed by atoms with Gasteiger partial charge in [0.25, 0.3) is 0 Å². The zero-order valence-electron chi connectivity index (χ0n) is 16.6. The number of nitrogens with one attached hydrogen (secondary N) is 1. The number of hydrogen-bond donors (Lipinski definition) is 1. The molecule has 0 aliphatic carbocycles. The van der Waals surface area contributed by atoms with Crippen molar-refractivity contribution < 1.29 is 14.3 Å². The third-order valence-corrected chi connectivity index (χ3v) is 5.21. The molecule has 2 aromatic carbocycles. The molecule has 0 saturated carbocycles. The van der Waals surface area contributed by atoms with Gasteiger partial charge in [-0.1, -0.05) is 12.1 Å². The van der Waals surface area contributed by atoms with E-state index in [-0.39, 0.29) is 5.91 Å². The number of hydrogen-bond acceptors (Lipinski definition) is 6. The Morgan fingerprint density at radius 2 is 1.86 bits per heavy atom. The lowest BCUT2D eigenvalue weighted by molar-refractivity contribution is -0.116. The Kier molecular flexibility index (Phi) is 7.08. The quantitative estimate of drug-likeness (QED) is 0.551. The smallest absolute Gasteiger partial charge is 0.224 e. The first-order chi connectivity index (χ1) is 14.1. The van der Waals surface area contributed by atoms with Crippen LogP contribution in [0.25, 0.3) is 0 Å². The molecular weight excluding hydrogens is 386 g/mol. The average molecular weight is 410 g/mol. The lowest BCUT2D eigenvalue weighted by atomic mass is 10.1. The fourth-order valence-electron chi connectivity index (χ4n) is 2.89. The first kappa shape index (κ1) is 20.7. The SMILES string of the molecule is COc1cccc(CCC(=O)Nc2ccc(Sc3ncccn3)cc2C)c1OC. The highest BCUT2D eigenvalue weighted by atomic mass is 32.2. The Hall–Kier alpha value is -3.06. The minimum absolute atomic E-state index is 0.0511. The lowest BCUT2D eigenvalue weighted by Crippen LogP contribution is -2.13. The number of anilines is 1. The molecule has 0 saturated heterocycles. The third kappa shape index (κ3) is 5.48. The molecule has 0 atom stereocenters. The number of para-hydroxylation sites is 1. The van der Waals surface area contributed by atoms with E-state index in [0.717, 1.165) is 21.7 Å². The van der Waals surface area contributed by atoms with Gasteiger partial charge < -0.3 is 14.8 Å². The van der Waals surface area contributed by atoms with Gasteiger partial charge in [-0.25, -0.2) is 9.97 Å². The van der Waals surface area contributed by atoms with Crippen LogP contribution in [0.4, 0.5) is 5.69 Å². The maximum Gasteiger partial charge on any atom is 0.224 e. The number of carbonyl (C=O) groups is 1. The molecule has 150 valence electrons. The fraction of sp³-hybridized carbons (Fsp3) is 0.227. The Morgan fingerprint density at radius 1 is 1.07 bits per heavy atom. The second-order valence-corrected chi connectivity index (χ2v) is 7.35. The van der Waals surface area contributed by atoms with Gasteiger partial charge in [-0.2, -0.15) is 0 Å². The molecule has 0 bridgehead atoms. The van der Waals surface area contributed by atoms with Crippen molar-refractivity contribution in [1.82, 2.24) is 9.97 Å². The van der Waals surface area contributed by atoms with Crippen molar-refractivity contribution in [3.05, 3.63) is 66.0 Å². The Morgan fingerprint density at radius 3 is 2.55 bits per heavy atom. The maximum atomic E-state index is 12.5. The number of aromatic nitrogens is 2. The molecule has 0 fully saturated rings. The first-order valence-corrected chi connectivity index (χ1v) is 9.97. The second-order valence-electron chi connectivity index (χ2n) is 6.31. The van der Waals surface area contributed by atoms with Crippen LogP contribution in [-0.2, 0) is 11.2 Å². The van der Waals surface area contributed by atoms with Crippen molar-refractivity contribution in [2.45, 2.75) is 29.8 Å². The van der Waals surface area contributed by atoms with E-state index in [2.05, 4.69) is 15.3 Å². The highest BCUT2D eigenvalue weighted by molar-refractivity contribution is 7.99. The molecule has 3 aromatic rings. The van der Waals surface area contributed by atoms with Crippen molar-refractivity contribution in [3.63, 3.8) is 0 Å². The molecule has 0 spiro atoms. The fourth-order valence-corrected chi connectivity index (χ4v) is 3.70. The van der Waals surface area contributed by atoms with E-state index < -0.39 is 0 Å². The molecule has 1 heterocycles. The van der Waals surface area contributed by atoms with Crippen LogP contribution in [-0.4, -0.2) is 30.1 Å². The van der Waals surface area contributed by atoms with Crippen LogP contribution in [0.15, 0.2) is 64.9 Å².